The lowest BCUT2D eigenvalue weighted by atomic mass is 10.2. The summed E-state index contributed by atoms with van der Waals surface area (Å²) in [5, 5.41) is 13.3. The van der Waals surface area contributed by atoms with Crippen molar-refractivity contribution in [2.24, 2.45) is 0 Å². The maximum Gasteiger partial charge on any atom is 0.348 e. The first-order valence-electron chi connectivity index (χ1n) is 4.80. The highest BCUT2D eigenvalue weighted by Gasteiger charge is 2.18. The van der Waals surface area contributed by atoms with Gasteiger partial charge in [-0.1, -0.05) is 0 Å². The van der Waals surface area contributed by atoms with Crippen molar-refractivity contribution in [1.82, 2.24) is 4.90 Å². The largest absolute Gasteiger partial charge is 0.477 e. The molecule has 0 aliphatic rings. The van der Waals surface area contributed by atoms with Crippen LogP contribution in [0.1, 0.15) is 22.2 Å². The smallest absolute Gasteiger partial charge is 0.348 e. The lowest BCUT2D eigenvalue weighted by Crippen LogP contribution is -2.31. The molecule has 5 nitrogen and oxygen atoms in total. The molecule has 0 aliphatic heterocycles. The van der Waals surface area contributed by atoms with Crippen molar-refractivity contribution >= 4 is 29.0 Å². The number of aromatic carboxylic acids is 1. The fourth-order valence-electron chi connectivity index (χ4n) is 1.10. The van der Waals surface area contributed by atoms with Crippen LogP contribution in [0.2, 0.25) is 0 Å². The molecule has 0 aromatic carbocycles. The molecule has 0 fully saturated rings. The lowest BCUT2D eigenvalue weighted by Gasteiger charge is -2.15. The van der Waals surface area contributed by atoms with Crippen molar-refractivity contribution in [3.05, 3.63) is 15.8 Å². The van der Waals surface area contributed by atoms with Gasteiger partial charge in [-0.25, -0.2) is 9.59 Å². The quantitative estimate of drug-likeness (QED) is 0.854. The number of carbonyl (C=O) groups excluding carboxylic acids is 1. The van der Waals surface area contributed by atoms with Gasteiger partial charge in [0.05, 0.1) is 5.69 Å². The predicted octanol–water partition coefficient (Wildman–Crippen LogP) is 2.24. The van der Waals surface area contributed by atoms with Gasteiger partial charge in [0.2, 0.25) is 0 Å². The summed E-state index contributed by atoms with van der Waals surface area (Å²) < 4.78 is 0. The molecule has 6 heteroatoms. The summed E-state index contributed by atoms with van der Waals surface area (Å²) in [4.78, 5) is 24.1. The number of hydrogen-bond donors (Lipinski definition) is 2. The van der Waals surface area contributed by atoms with Crippen LogP contribution in [0.5, 0.6) is 0 Å². The van der Waals surface area contributed by atoms with E-state index >= 15 is 0 Å². The highest BCUT2D eigenvalue weighted by molar-refractivity contribution is 7.12. The van der Waals surface area contributed by atoms with E-state index < -0.39 is 5.97 Å². The first kappa shape index (κ1) is 12.5. The van der Waals surface area contributed by atoms with Gasteiger partial charge in [0.25, 0.3) is 0 Å². The van der Waals surface area contributed by atoms with Crippen LogP contribution < -0.4 is 5.32 Å². The van der Waals surface area contributed by atoms with E-state index in [1.54, 1.807) is 19.4 Å². The summed E-state index contributed by atoms with van der Waals surface area (Å²) in [6.45, 7) is 4.18. The van der Waals surface area contributed by atoms with Crippen LogP contribution in [0.3, 0.4) is 0 Å². The van der Waals surface area contributed by atoms with Gasteiger partial charge in [-0.15, -0.1) is 11.3 Å². The van der Waals surface area contributed by atoms with E-state index in [1.807, 2.05) is 6.92 Å². The number of nitrogens with one attached hydrogen (secondary N) is 1. The Kier molecular flexibility index (Phi) is 3.89. The molecule has 2 amide bonds. The number of carboxylic acids is 1. The van der Waals surface area contributed by atoms with Gasteiger partial charge in [-0.2, -0.15) is 0 Å². The molecular formula is C10H14N2O3S. The fourth-order valence-corrected chi connectivity index (χ4v) is 1.95. The summed E-state index contributed by atoms with van der Waals surface area (Å²) in [7, 11) is 1.65. The van der Waals surface area contributed by atoms with Crippen molar-refractivity contribution < 1.29 is 14.7 Å². The zero-order chi connectivity index (χ0) is 12.3. The zero-order valence-corrected chi connectivity index (χ0v) is 10.2. The predicted molar refractivity (Wildman–Crippen MR) is 63.3 cm³/mol. The van der Waals surface area contributed by atoms with Crippen LogP contribution in [-0.2, 0) is 0 Å². The van der Waals surface area contributed by atoms with Gasteiger partial charge in [0.15, 0.2) is 0 Å². The third-order valence-electron chi connectivity index (χ3n) is 2.22. The van der Waals surface area contributed by atoms with Gasteiger partial charge in [-0.05, 0) is 24.8 Å². The van der Waals surface area contributed by atoms with Crippen molar-refractivity contribution in [3.63, 3.8) is 0 Å². The molecule has 88 valence electrons. The molecular weight excluding hydrogens is 228 g/mol. The molecule has 0 saturated heterocycles. The summed E-state index contributed by atoms with van der Waals surface area (Å²) >= 11 is 1.11. The van der Waals surface area contributed by atoms with Crippen LogP contribution in [0.4, 0.5) is 10.5 Å². The molecule has 16 heavy (non-hydrogen) atoms. The molecule has 0 saturated carbocycles. The Morgan fingerprint density at radius 3 is 2.69 bits per heavy atom. The monoisotopic (exact) mass is 242 g/mol. The zero-order valence-electron chi connectivity index (χ0n) is 9.40. The van der Waals surface area contributed by atoms with E-state index in [-0.39, 0.29) is 10.9 Å². The summed E-state index contributed by atoms with van der Waals surface area (Å²) in [6, 6.07) is -0.300. The summed E-state index contributed by atoms with van der Waals surface area (Å²) in [5.41, 5.74) is 1.16. The second-order valence-electron chi connectivity index (χ2n) is 3.37. The molecule has 2 N–H and O–H groups in total. The third-order valence-corrected chi connectivity index (χ3v) is 3.31. The Hall–Kier alpha value is -1.56. The number of aryl methyl sites for hydroxylation is 1. The van der Waals surface area contributed by atoms with Crippen molar-refractivity contribution in [2.45, 2.75) is 13.8 Å². The lowest BCUT2D eigenvalue weighted by molar-refractivity contribution is 0.0703. The summed E-state index contributed by atoms with van der Waals surface area (Å²) in [6.07, 6.45) is 0. The number of rotatable bonds is 3. The van der Waals surface area contributed by atoms with E-state index in [0.717, 1.165) is 16.9 Å². The van der Waals surface area contributed by atoms with Crippen LogP contribution in [0.15, 0.2) is 5.38 Å². The maximum atomic E-state index is 11.6. The molecule has 1 aromatic rings. The molecule has 0 bridgehead atoms. The van der Waals surface area contributed by atoms with E-state index in [1.165, 1.54) is 4.90 Å². The topological polar surface area (TPSA) is 69.6 Å². The van der Waals surface area contributed by atoms with Crippen LogP contribution in [0, 0.1) is 6.92 Å². The number of thiophene rings is 1. The minimum absolute atomic E-state index is 0.162. The molecule has 0 aliphatic carbocycles. The average Bonchev–Trinajstić information content (AvgIpc) is 2.59. The molecule has 0 unspecified atom stereocenters. The minimum Gasteiger partial charge on any atom is -0.477 e. The normalized spacial score (nSPS) is 9.94. The third kappa shape index (κ3) is 2.52. The van der Waals surface area contributed by atoms with Crippen molar-refractivity contribution in [2.75, 3.05) is 18.9 Å². The Balaban J connectivity index is 2.92. The number of carboxylic acid groups (broad SMARTS) is 1. The Labute approximate surface area is 97.7 Å². The number of nitrogens with zero attached hydrogens (tertiary/aromatic N) is 1. The SMILES string of the molecule is CCN(C)C(=O)Nc1c(C)csc1C(=O)O. The van der Waals surface area contributed by atoms with Gasteiger partial charge in [0.1, 0.15) is 4.88 Å². The number of hydrogen-bond acceptors (Lipinski definition) is 3. The number of urea groups is 1. The number of amides is 2. The van der Waals surface area contributed by atoms with Crippen LogP contribution in [-0.4, -0.2) is 35.6 Å². The Morgan fingerprint density at radius 2 is 2.19 bits per heavy atom. The highest BCUT2D eigenvalue weighted by Crippen LogP contribution is 2.27. The molecule has 1 aromatic heterocycles. The highest BCUT2D eigenvalue weighted by atomic mass is 32.1. The number of carbonyl (C=O) groups is 2. The van der Waals surface area contributed by atoms with Gasteiger partial charge in [0, 0.05) is 13.6 Å². The first-order valence-corrected chi connectivity index (χ1v) is 5.68. The Bertz CT molecular complexity index is 414. The molecule has 1 heterocycles. The summed E-state index contributed by atoms with van der Waals surface area (Å²) in [5.74, 6) is -1.02. The van der Waals surface area contributed by atoms with E-state index in [9.17, 15) is 9.59 Å². The molecule has 0 atom stereocenters. The second kappa shape index (κ2) is 4.98. The molecule has 1 rings (SSSR count). The van der Waals surface area contributed by atoms with Crippen molar-refractivity contribution in [3.8, 4) is 0 Å². The van der Waals surface area contributed by atoms with E-state index in [2.05, 4.69) is 5.32 Å². The van der Waals surface area contributed by atoms with Crippen LogP contribution in [0.25, 0.3) is 0 Å². The standard InChI is InChI=1S/C10H14N2O3S/c1-4-12(3)10(15)11-7-6(2)5-16-8(7)9(13)14/h5H,4H2,1-3H3,(H,11,15)(H,13,14). The van der Waals surface area contributed by atoms with Gasteiger partial charge >= 0.3 is 12.0 Å². The average molecular weight is 242 g/mol. The van der Waals surface area contributed by atoms with Gasteiger partial charge < -0.3 is 15.3 Å². The fraction of sp³-hybridized carbons (Fsp3) is 0.400. The number of anilines is 1. The first-order chi connectivity index (χ1) is 7.47. The van der Waals surface area contributed by atoms with E-state index in [4.69, 9.17) is 5.11 Å². The van der Waals surface area contributed by atoms with Crippen LogP contribution >= 0.6 is 11.3 Å². The minimum atomic E-state index is -1.02. The second-order valence-corrected chi connectivity index (χ2v) is 4.25. The van der Waals surface area contributed by atoms with Gasteiger partial charge in [-0.3, -0.25) is 0 Å². The molecule has 0 spiro atoms. The maximum absolute atomic E-state index is 11.6. The van der Waals surface area contributed by atoms with Crippen molar-refractivity contribution in [1.29, 1.82) is 0 Å². The molecule has 0 radical (unpaired) electrons. The van der Waals surface area contributed by atoms with E-state index in [0.29, 0.717) is 12.2 Å². The Morgan fingerprint density at radius 1 is 1.56 bits per heavy atom.